The molecule has 0 aromatic rings. The fourth-order valence-corrected chi connectivity index (χ4v) is 4.10. The Morgan fingerprint density at radius 1 is 1.08 bits per heavy atom. The van der Waals surface area contributed by atoms with Crippen LogP contribution in [-0.2, 0) is 28.5 Å². The van der Waals surface area contributed by atoms with Crippen molar-refractivity contribution >= 4 is 23.7 Å². The molecule has 1 fully saturated rings. The largest absolute Gasteiger partial charge is 0.461 e. The van der Waals surface area contributed by atoms with Gasteiger partial charge in [0.05, 0.1) is 29.1 Å². The first-order chi connectivity index (χ1) is 17.2. The molecule has 0 radical (unpaired) electrons. The van der Waals surface area contributed by atoms with Crippen molar-refractivity contribution in [3.05, 3.63) is 35.8 Å². The molecule has 0 aliphatic carbocycles. The van der Waals surface area contributed by atoms with Crippen LogP contribution in [0.3, 0.4) is 0 Å². The van der Waals surface area contributed by atoms with Crippen molar-refractivity contribution in [3.8, 4) is 0 Å². The molecule has 9 heteroatoms. The Labute approximate surface area is 225 Å². The van der Waals surface area contributed by atoms with E-state index in [1.165, 1.54) is 0 Å². The Morgan fingerprint density at radius 3 is 2.38 bits per heavy atom. The lowest BCUT2D eigenvalue weighted by Gasteiger charge is -2.42. The van der Waals surface area contributed by atoms with Gasteiger partial charge in [0.15, 0.2) is 6.10 Å². The summed E-state index contributed by atoms with van der Waals surface area (Å²) in [7, 11) is 0. The summed E-state index contributed by atoms with van der Waals surface area (Å²) in [5, 5.41) is 23.5. The second kappa shape index (κ2) is 13.9. The van der Waals surface area contributed by atoms with E-state index in [0.29, 0.717) is 12.8 Å². The van der Waals surface area contributed by atoms with Gasteiger partial charge in [0.2, 0.25) is 0 Å². The predicted molar refractivity (Wildman–Crippen MR) is 144 cm³/mol. The molecule has 0 spiro atoms. The highest BCUT2D eigenvalue weighted by Crippen LogP contribution is 2.31. The van der Waals surface area contributed by atoms with Crippen LogP contribution in [0.25, 0.3) is 0 Å². The molecule has 2 rings (SSSR count). The van der Waals surface area contributed by atoms with Crippen LogP contribution in [0, 0.1) is 10.8 Å². The van der Waals surface area contributed by atoms with Gasteiger partial charge >= 0.3 is 11.9 Å². The summed E-state index contributed by atoms with van der Waals surface area (Å²) in [6, 6.07) is 0. The number of hydrogen-bond acceptors (Lipinski definition) is 9. The molecule has 37 heavy (non-hydrogen) atoms. The third kappa shape index (κ3) is 9.87. The highest BCUT2D eigenvalue weighted by atomic mass is 32.2. The number of thioether (sulfide) groups is 1. The van der Waals surface area contributed by atoms with Gasteiger partial charge in [0, 0.05) is 0 Å². The number of ether oxygens (including phenoxy) is 4. The molecule has 0 aromatic heterocycles. The van der Waals surface area contributed by atoms with E-state index in [9.17, 15) is 19.8 Å². The molecule has 0 bridgehead atoms. The predicted octanol–water partition coefficient (Wildman–Crippen LogP) is 3.95. The minimum atomic E-state index is -1.12. The van der Waals surface area contributed by atoms with E-state index < -0.39 is 65.5 Å². The maximum absolute atomic E-state index is 12.5. The molecule has 8 nitrogen and oxygen atoms in total. The Bertz CT molecular complexity index is 838. The standard InChI is InChI=1S/C28H44O8S/c1-8-37-16-10-13-20-22(29)23(30)24-21(36-20)12-9-11-18(34-24)14-15-19(35-26(32)28(5,6)7)17-33-25(31)27(2,3)4/h9-11,14-16,18-24,29-30H,8,12-13,17H2,1-7H3/b15-14?,16-10+/t18-,19+,20-,21+,22-,23+,24+/m1/s1. The average molecular weight is 541 g/mol. The number of rotatable bonds is 9. The molecule has 0 unspecified atom stereocenters. The molecular weight excluding hydrogens is 496 g/mol. The number of hydrogen-bond donors (Lipinski definition) is 2. The molecule has 0 saturated carbocycles. The summed E-state index contributed by atoms with van der Waals surface area (Å²) in [5.74, 6) is 0.129. The Kier molecular flexibility index (Phi) is 11.9. The van der Waals surface area contributed by atoms with Crippen LogP contribution in [0.1, 0.15) is 61.3 Å². The van der Waals surface area contributed by atoms with E-state index in [2.05, 4.69) is 6.92 Å². The van der Waals surface area contributed by atoms with E-state index in [-0.39, 0.29) is 6.61 Å². The van der Waals surface area contributed by atoms with Crippen molar-refractivity contribution < 1.29 is 38.7 Å². The number of aliphatic hydroxyl groups excluding tert-OH is 2. The quantitative estimate of drug-likeness (QED) is 0.332. The van der Waals surface area contributed by atoms with Gasteiger partial charge in [0.1, 0.15) is 24.9 Å². The number of fused-ring (bicyclic) bond motifs is 1. The number of carbonyl (C=O) groups excluding carboxylic acids is 2. The van der Waals surface area contributed by atoms with Crippen LogP contribution in [0.4, 0.5) is 0 Å². The zero-order chi connectivity index (χ0) is 27.8. The van der Waals surface area contributed by atoms with Crippen molar-refractivity contribution in [3.63, 3.8) is 0 Å². The van der Waals surface area contributed by atoms with Gasteiger partial charge in [-0.15, -0.1) is 11.8 Å². The molecular formula is C28H44O8S. The summed E-state index contributed by atoms with van der Waals surface area (Å²) in [6.07, 6.45) is 4.78. The lowest BCUT2D eigenvalue weighted by Crippen LogP contribution is -2.58. The van der Waals surface area contributed by atoms with E-state index in [0.717, 1.165) is 5.75 Å². The van der Waals surface area contributed by atoms with Crippen LogP contribution in [-0.4, -0.2) is 77.2 Å². The summed E-state index contributed by atoms with van der Waals surface area (Å²) < 4.78 is 23.2. The fourth-order valence-electron chi connectivity index (χ4n) is 3.66. The monoisotopic (exact) mass is 540 g/mol. The molecule has 0 amide bonds. The molecule has 210 valence electrons. The van der Waals surface area contributed by atoms with Gasteiger partial charge in [-0.05, 0) is 71.6 Å². The first-order valence-electron chi connectivity index (χ1n) is 12.9. The Balaban J connectivity index is 2.09. The van der Waals surface area contributed by atoms with Crippen LogP contribution < -0.4 is 0 Å². The van der Waals surface area contributed by atoms with Crippen molar-refractivity contribution in [2.24, 2.45) is 10.8 Å². The minimum Gasteiger partial charge on any atom is -0.461 e. The first kappa shape index (κ1) is 31.6. The minimum absolute atomic E-state index is 0.132. The van der Waals surface area contributed by atoms with E-state index in [1.54, 1.807) is 65.5 Å². The molecule has 1 saturated heterocycles. The van der Waals surface area contributed by atoms with Crippen molar-refractivity contribution in [2.45, 2.75) is 104 Å². The topological polar surface area (TPSA) is 112 Å². The van der Waals surface area contributed by atoms with Gasteiger partial charge in [-0.2, -0.15) is 0 Å². The normalized spacial score (nSPS) is 29.6. The maximum atomic E-state index is 12.5. The summed E-state index contributed by atoms with van der Waals surface area (Å²) >= 11 is 1.66. The van der Waals surface area contributed by atoms with E-state index in [4.69, 9.17) is 18.9 Å². The van der Waals surface area contributed by atoms with Gasteiger partial charge < -0.3 is 29.2 Å². The van der Waals surface area contributed by atoms with Crippen LogP contribution in [0.15, 0.2) is 35.8 Å². The van der Waals surface area contributed by atoms with Crippen LogP contribution in [0.2, 0.25) is 0 Å². The van der Waals surface area contributed by atoms with Crippen LogP contribution in [0.5, 0.6) is 0 Å². The lowest BCUT2D eigenvalue weighted by atomic mass is 9.92. The number of aliphatic hydroxyl groups is 2. The molecule has 2 aliphatic heterocycles. The third-order valence-corrected chi connectivity index (χ3v) is 6.61. The average Bonchev–Trinajstić information content (AvgIpc) is 3.02. The zero-order valence-electron chi connectivity index (χ0n) is 23.1. The zero-order valence-corrected chi connectivity index (χ0v) is 23.9. The molecule has 7 atom stereocenters. The molecule has 2 N–H and O–H groups in total. The summed E-state index contributed by atoms with van der Waals surface area (Å²) in [4.78, 5) is 24.8. The van der Waals surface area contributed by atoms with Gasteiger partial charge in [-0.25, -0.2) is 0 Å². The van der Waals surface area contributed by atoms with Gasteiger partial charge in [-0.3, -0.25) is 9.59 Å². The number of carbonyl (C=O) groups is 2. The second-order valence-corrected chi connectivity index (χ2v) is 12.6. The van der Waals surface area contributed by atoms with Crippen molar-refractivity contribution in [1.29, 1.82) is 0 Å². The molecule has 2 heterocycles. The summed E-state index contributed by atoms with van der Waals surface area (Å²) in [6.45, 7) is 12.4. The summed E-state index contributed by atoms with van der Waals surface area (Å²) in [5.41, 5.74) is -1.42. The van der Waals surface area contributed by atoms with E-state index >= 15 is 0 Å². The van der Waals surface area contributed by atoms with E-state index in [1.807, 2.05) is 23.6 Å². The lowest BCUT2D eigenvalue weighted by molar-refractivity contribution is -0.234. The van der Waals surface area contributed by atoms with Gasteiger partial charge in [-0.1, -0.05) is 31.2 Å². The van der Waals surface area contributed by atoms with Crippen molar-refractivity contribution in [1.82, 2.24) is 0 Å². The Hall–Kier alpha value is -1.65. The second-order valence-electron chi connectivity index (χ2n) is 11.4. The molecule has 0 aromatic carbocycles. The smallest absolute Gasteiger partial charge is 0.311 e. The fraction of sp³-hybridized carbons (Fsp3) is 0.714. The number of esters is 2. The van der Waals surface area contributed by atoms with Gasteiger partial charge in [0.25, 0.3) is 0 Å². The van der Waals surface area contributed by atoms with Crippen molar-refractivity contribution in [2.75, 3.05) is 12.4 Å². The Morgan fingerprint density at radius 2 is 1.76 bits per heavy atom. The molecule has 2 aliphatic rings. The SMILES string of the molecule is CCS/C=C/C[C@H]1O[C@H]2CC=C[C@H](C=C[C@@H](COC(=O)C(C)(C)C)OC(=O)C(C)(C)C)O[C@@H]2[C@@H](O)[C@@H]1O. The highest BCUT2D eigenvalue weighted by Gasteiger charge is 2.45. The first-order valence-corrected chi connectivity index (χ1v) is 14.0. The maximum Gasteiger partial charge on any atom is 0.311 e. The van der Waals surface area contributed by atoms with Crippen LogP contribution >= 0.6 is 11.8 Å². The third-order valence-electron chi connectivity index (χ3n) is 5.90. The highest BCUT2D eigenvalue weighted by molar-refractivity contribution is 8.02.